The highest BCUT2D eigenvalue weighted by molar-refractivity contribution is 5.92. The van der Waals surface area contributed by atoms with Crippen LogP contribution < -0.4 is 10.6 Å². The van der Waals surface area contributed by atoms with Gasteiger partial charge in [-0.1, -0.05) is 37.3 Å². The quantitative estimate of drug-likeness (QED) is 0.494. The molecular formula is C19H27N3O4. The lowest BCUT2D eigenvalue weighted by Crippen LogP contribution is -2.59. The predicted molar refractivity (Wildman–Crippen MR) is 97.4 cm³/mol. The van der Waals surface area contributed by atoms with Crippen molar-refractivity contribution in [3.63, 3.8) is 0 Å². The van der Waals surface area contributed by atoms with Gasteiger partial charge in [0, 0.05) is 13.1 Å². The summed E-state index contributed by atoms with van der Waals surface area (Å²) in [7, 11) is 0. The van der Waals surface area contributed by atoms with Crippen LogP contribution >= 0.6 is 0 Å². The van der Waals surface area contributed by atoms with E-state index in [9.17, 15) is 14.4 Å². The summed E-state index contributed by atoms with van der Waals surface area (Å²) < 4.78 is 5.05. The molecule has 26 heavy (non-hydrogen) atoms. The molecule has 7 heteroatoms. The number of nitrogens with zero attached hydrogens (tertiary/aromatic N) is 1. The van der Waals surface area contributed by atoms with E-state index in [0.717, 1.165) is 12.8 Å². The van der Waals surface area contributed by atoms with Crippen LogP contribution in [-0.4, -0.2) is 61.5 Å². The summed E-state index contributed by atoms with van der Waals surface area (Å²) in [4.78, 5) is 37.9. The van der Waals surface area contributed by atoms with Crippen LogP contribution in [0.2, 0.25) is 0 Å². The van der Waals surface area contributed by atoms with E-state index in [0.29, 0.717) is 26.2 Å². The van der Waals surface area contributed by atoms with Gasteiger partial charge in [-0.15, -0.1) is 0 Å². The molecule has 1 aromatic carbocycles. The summed E-state index contributed by atoms with van der Waals surface area (Å²) in [5.74, 6) is -0.938. The maximum Gasteiger partial charge on any atom is 0.308 e. The third-order valence-electron chi connectivity index (χ3n) is 4.19. The maximum absolute atomic E-state index is 12.5. The molecule has 2 amide bonds. The van der Waals surface area contributed by atoms with Gasteiger partial charge in [0.25, 0.3) is 0 Å². The highest BCUT2D eigenvalue weighted by Crippen LogP contribution is 2.10. The monoisotopic (exact) mass is 361 g/mol. The summed E-state index contributed by atoms with van der Waals surface area (Å²) in [5, 5.41) is 5.82. The Hall–Kier alpha value is -2.41. The van der Waals surface area contributed by atoms with Gasteiger partial charge in [-0.25, -0.2) is 0 Å². The van der Waals surface area contributed by atoms with Gasteiger partial charge in [-0.05, 0) is 24.9 Å². The van der Waals surface area contributed by atoms with E-state index in [1.54, 1.807) is 0 Å². The van der Waals surface area contributed by atoms with Crippen molar-refractivity contribution in [2.24, 2.45) is 0 Å². The molecule has 1 aliphatic rings. The first-order valence-corrected chi connectivity index (χ1v) is 9.09. The van der Waals surface area contributed by atoms with Crippen molar-refractivity contribution in [1.29, 1.82) is 0 Å². The van der Waals surface area contributed by atoms with Gasteiger partial charge in [0.15, 0.2) is 0 Å². The second kappa shape index (κ2) is 10.6. The molecule has 1 atom stereocenters. The number of carbonyl (C=O) groups is 3. The minimum Gasteiger partial charge on any atom is -0.466 e. The lowest BCUT2D eigenvalue weighted by Gasteiger charge is -2.34. The van der Waals surface area contributed by atoms with Crippen molar-refractivity contribution in [1.82, 2.24) is 15.5 Å². The summed E-state index contributed by atoms with van der Waals surface area (Å²) in [6.45, 7) is 3.82. The second-order valence-corrected chi connectivity index (χ2v) is 6.23. The molecule has 0 bridgehead atoms. The average Bonchev–Trinajstić information content (AvgIpc) is 2.66. The zero-order valence-electron chi connectivity index (χ0n) is 15.2. The van der Waals surface area contributed by atoms with Gasteiger partial charge in [0.1, 0.15) is 6.04 Å². The van der Waals surface area contributed by atoms with E-state index >= 15 is 0 Å². The van der Waals surface area contributed by atoms with Gasteiger partial charge in [0.2, 0.25) is 11.8 Å². The Morgan fingerprint density at radius 2 is 2.08 bits per heavy atom. The molecule has 142 valence electrons. The highest BCUT2D eigenvalue weighted by atomic mass is 16.5. The maximum atomic E-state index is 12.5. The molecule has 2 N–H and O–H groups in total. The number of amides is 2. The average molecular weight is 361 g/mol. The first kappa shape index (κ1) is 19.9. The van der Waals surface area contributed by atoms with Crippen LogP contribution in [-0.2, 0) is 25.5 Å². The SMILES string of the molecule is CCCOC(=O)CC1C(=O)NCCN1C(=O)CNCCc1ccccc1. The smallest absolute Gasteiger partial charge is 0.308 e. The number of esters is 1. The molecule has 1 saturated heterocycles. The third kappa shape index (κ3) is 6.15. The molecule has 2 rings (SSSR count). The van der Waals surface area contributed by atoms with Crippen LogP contribution in [0.3, 0.4) is 0 Å². The second-order valence-electron chi connectivity index (χ2n) is 6.23. The van der Waals surface area contributed by atoms with Crippen LogP contribution in [0.25, 0.3) is 0 Å². The first-order chi connectivity index (χ1) is 12.6. The Balaban J connectivity index is 1.81. The zero-order valence-corrected chi connectivity index (χ0v) is 15.2. The first-order valence-electron chi connectivity index (χ1n) is 9.09. The van der Waals surface area contributed by atoms with Crippen molar-refractivity contribution < 1.29 is 19.1 Å². The molecule has 1 aromatic rings. The zero-order chi connectivity index (χ0) is 18.8. The normalized spacial score (nSPS) is 16.9. The molecule has 0 saturated carbocycles. The number of benzene rings is 1. The van der Waals surface area contributed by atoms with Crippen LogP contribution in [0, 0.1) is 0 Å². The number of hydrogen-bond donors (Lipinski definition) is 2. The molecule has 0 aliphatic carbocycles. The van der Waals surface area contributed by atoms with E-state index in [1.807, 2.05) is 37.3 Å². The fourth-order valence-electron chi connectivity index (χ4n) is 2.82. The van der Waals surface area contributed by atoms with Crippen molar-refractivity contribution >= 4 is 17.8 Å². The predicted octanol–water partition coefficient (Wildman–Crippen LogP) is 0.489. The number of ether oxygens (including phenoxy) is 1. The minimum absolute atomic E-state index is 0.110. The van der Waals surface area contributed by atoms with Gasteiger partial charge < -0.3 is 20.3 Å². The van der Waals surface area contributed by atoms with Crippen molar-refractivity contribution in [3.8, 4) is 0 Å². The summed E-state index contributed by atoms with van der Waals surface area (Å²) in [6, 6.07) is 9.21. The van der Waals surface area contributed by atoms with Crippen LogP contribution in [0.15, 0.2) is 30.3 Å². The summed E-state index contributed by atoms with van der Waals surface area (Å²) in [6.07, 6.45) is 1.43. The Bertz CT molecular complexity index is 606. The van der Waals surface area contributed by atoms with Gasteiger partial charge >= 0.3 is 5.97 Å². The van der Waals surface area contributed by atoms with E-state index in [2.05, 4.69) is 10.6 Å². The summed E-state index contributed by atoms with van der Waals surface area (Å²) in [5.41, 5.74) is 1.20. The van der Waals surface area contributed by atoms with E-state index < -0.39 is 12.0 Å². The van der Waals surface area contributed by atoms with Gasteiger partial charge in [-0.2, -0.15) is 0 Å². The Kier molecular flexibility index (Phi) is 8.08. The van der Waals surface area contributed by atoms with Crippen LogP contribution in [0.5, 0.6) is 0 Å². The highest BCUT2D eigenvalue weighted by Gasteiger charge is 2.34. The van der Waals surface area contributed by atoms with E-state index in [4.69, 9.17) is 4.74 Å². The minimum atomic E-state index is -0.795. The third-order valence-corrected chi connectivity index (χ3v) is 4.19. The number of nitrogens with one attached hydrogen (secondary N) is 2. The molecule has 1 unspecified atom stereocenters. The summed E-state index contributed by atoms with van der Waals surface area (Å²) >= 11 is 0. The van der Waals surface area contributed by atoms with Crippen molar-refractivity contribution in [3.05, 3.63) is 35.9 Å². The van der Waals surface area contributed by atoms with E-state index in [-0.39, 0.29) is 24.8 Å². The van der Waals surface area contributed by atoms with Crippen LogP contribution in [0.1, 0.15) is 25.3 Å². The molecule has 0 aromatic heterocycles. The molecule has 7 nitrogen and oxygen atoms in total. The Labute approximate surface area is 154 Å². The molecule has 1 heterocycles. The topological polar surface area (TPSA) is 87.7 Å². The van der Waals surface area contributed by atoms with Crippen molar-refractivity contribution in [2.75, 3.05) is 32.8 Å². The molecule has 0 radical (unpaired) electrons. The lowest BCUT2D eigenvalue weighted by molar-refractivity contribution is -0.151. The van der Waals surface area contributed by atoms with Crippen LogP contribution in [0.4, 0.5) is 0 Å². The Morgan fingerprint density at radius 3 is 2.81 bits per heavy atom. The number of piperazine rings is 1. The molecule has 1 fully saturated rings. The number of carbonyl (C=O) groups excluding carboxylic acids is 3. The number of hydrogen-bond acceptors (Lipinski definition) is 5. The Morgan fingerprint density at radius 1 is 1.31 bits per heavy atom. The molecular weight excluding hydrogens is 334 g/mol. The molecule has 0 spiro atoms. The fourth-order valence-corrected chi connectivity index (χ4v) is 2.82. The lowest BCUT2D eigenvalue weighted by atomic mass is 10.1. The van der Waals surface area contributed by atoms with Gasteiger partial charge in [0.05, 0.1) is 19.6 Å². The molecule has 1 aliphatic heterocycles. The van der Waals surface area contributed by atoms with Gasteiger partial charge in [-0.3, -0.25) is 14.4 Å². The van der Waals surface area contributed by atoms with E-state index in [1.165, 1.54) is 10.5 Å². The number of rotatable bonds is 9. The van der Waals surface area contributed by atoms with Crippen molar-refractivity contribution in [2.45, 2.75) is 32.2 Å². The largest absolute Gasteiger partial charge is 0.466 e. The fraction of sp³-hybridized carbons (Fsp3) is 0.526. The standard InChI is InChI=1S/C19H27N3O4/c1-2-12-26-18(24)13-16-19(25)21-10-11-22(16)17(23)14-20-9-8-15-6-4-3-5-7-15/h3-7,16,20H,2,8-14H2,1H3,(H,21,25).